The lowest BCUT2D eigenvalue weighted by molar-refractivity contribution is -0.113. The minimum atomic E-state index is 0.533. The molecule has 0 aromatic carbocycles. The Balaban J connectivity index is 0.000000140. The standard InChI is InChI=1S/C14H24.C9H18.C8H16/c1-13(2,3)14-7-10-4-11(8-14)6-12(5-10)9-14;1-8(2,3)9(4)6-5-7-9;1-7(2,3)8(4)5-6-8/h10-12H,4-9H2,1-3H3;5-7H2,1-4H3;5-6H2,1-4H3. The summed E-state index contributed by atoms with van der Waals surface area (Å²) in [5, 5.41) is 0. The van der Waals surface area contributed by atoms with Crippen LogP contribution in [0.25, 0.3) is 0 Å². The van der Waals surface area contributed by atoms with Crippen molar-refractivity contribution in [2.45, 2.75) is 147 Å². The van der Waals surface area contributed by atoms with E-state index >= 15 is 0 Å². The first-order valence-corrected chi connectivity index (χ1v) is 13.9. The van der Waals surface area contributed by atoms with Gasteiger partial charge in [-0.25, -0.2) is 0 Å². The molecular formula is C31H58. The zero-order valence-corrected chi connectivity index (χ0v) is 23.5. The predicted octanol–water partition coefficient (Wildman–Crippen LogP) is 10.3. The van der Waals surface area contributed by atoms with Crippen molar-refractivity contribution in [3.8, 4) is 0 Å². The zero-order valence-electron chi connectivity index (χ0n) is 23.5. The summed E-state index contributed by atoms with van der Waals surface area (Å²) >= 11 is 0. The van der Waals surface area contributed by atoms with Crippen LogP contribution >= 0.6 is 0 Å². The molecule has 0 N–H and O–H groups in total. The Morgan fingerprint density at radius 1 is 0.484 bits per heavy atom. The fraction of sp³-hybridized carbons (Fsp3) is 1.00. The first kappa shape index (κ1) is 25.6. The fourth-order valence-electron chi connectivity index (χ4n) is 7.42. The molecule has 6 aliphatic carbocycles. The normalized spacial score (nSPS) is 37.1. The SMILES string of the molecule is CC(C)(C)C1(C)CC1.CC(C)(C)C1(C)CCC1.CC(C)(C)C12CC3CC(CC(C3)C1)C2. The van der Waals surface area contributed by atoms with E-state index in [1.807, 2.05) is 0 Å². The molecule has 0 saturated heterocycles. The molecule has 6 fully saturated rings. The van der Waals surface area contributed by atoms with Crippen molar-refractivity contribution >= 4 is 0 Å². The Morgan fingerprint density at radius 3 is 0.935 bits per heavy atom. The molecule has 0 aliphatic heterocycles. The van der Waals surface area contributed by atoms with Gasteiger partial charge in [-0.15, -0.1) is 0 Å². The average molecular weight is 431 g/mol. The van der Waals surface area contributed by atoms with Gasteiger partial charge in [0.1, 0.15) is 0 Å². The van der Waals surface area contributed by atoms with E-state index in [-0.39, 0.29) is 0 Å². The van der Waals surface area contributed by atoms with E-state index in [1.165, 1.54) is 32.1 Å². The highest BCUT2D eigenvalue weighted by Crippen LogP contribution is 2.65. The largest absolute Gasteiger partial charge is 0.0597 e. The van der Waals surface area contributed by atoms with Gasteiger partial charge in [-0.2, -0.15) is 0 Å². The Kier molecular flexibility index (Phi) is 6.65. The van der Waals surface area contributed by atoms with Crippen LogP contribution in [0.4, 0.5) is 0 Å². The second kappa shape index (κ2) is 8.05. The van der Waals surface area contributed by atoms with Crippen molar-refractivity contribution in [3.05, 3.63) is 0 Å². The molecule has 31 heavy (non-hydrogen) atoms. The van der Waals surface area contributed by atoms with E-state index in [0.29, 0.717) is 27.1 Å². The van der Waals surface area contributed by atoms with Crippen LogP contribution in [0.1, 0.15) is 147 Å². The van der Waals surface area contributed by atoms with Gasteiger partial charge < -0.3 is 0 Å². The predicted molar refractivity (Wildman–Crippen MR) is 138 cm³/mol. The smallest absolute Gasteiger partial charge is 0.0241 e. The van der Waals surface area contributed by atoms with Crippen LogP contribution in [0.3, 0.4) is 0 Å². The molecule has 0 nitrogen and oxygen atoms in total. The number of hydrogen-bond acceptors (Lipinski definition) is 0. The summed E-state index contributed by atoms with van der Waals surface area (Å²) in [5.41, 5.74) is 3.73. The van der Waals surface area contributed by atoms with E-state index < -0.39 is 0 Å². The minimum Gasteiger partial charge on any atom is -0.0597 e. The highest BCUT2D eigenvalue weighted by molar-refractivity contribution is 5.05. The highest BCUT2D eigenvalue weighted by atomic mass is 14.6. The summed E-state index contributed by atoms with van der Waals surface area (Å²) in [7, 11) is 0. The highest BCUT2D eigenvalue weighted by Gasteiger charge is 2.55. The number of hydrogen-bond donors (Lipinski definition) is 0. The van der Waals surface area contributed by atoms with Crippen LogP contribution in [0.15, 0.2) is 0 Å². The zero-order chi connectivity index (χ0) is 23.5. The fourth-order valence-corrected chi connectivity index (χ4v) is 7.42. The van der Waals surface area contributed by atoms with Gasteiger partial charge in [0.15, 0.2) is 0 Å². The molecule has 0 atom stereocenters. The molecule has 0 amide bonds. The molecule has 6 saturated carbocycles. The van der Waals surface area contributed by atoms with Gasteiger partial charge in [0.2, 0.25) is 0 Å². The molecule has 0 heterocycles. The Morgan fingerprint density at radius 2 is 0.806 bits per heavy atom. The van der Waals surface area contributed by atoms with Gasteiger partial charge in [0.25, 0.3) is 0 Å². The Bertz CT molecular complexity index is 567. The maximum absolute atomic E-state index is 2.49. The molecule has 6 aliphatic rings. The van der Waals surface area contributed by atoms with Crippen LogP contribution in [-0.4, -0.2) is 0 Å². The number of rotatable bonds is 0. The van der Waals surface area contributed by atoms with E-state index in [2.05, 4.69) is 76.2 Å². The lowest BCUT2D eigenvalue weighted by atomic mass is 9.43. The van der Waals surface area contributed by atoms with Crippen LogP contribution in [-0.2, 0) is 0 Å². The molecule has 0 spiro atoms. The van der Waals surface area contributed by atoms with Crippen molar-refractivity contribution in [2.24, 2.45) is 50.2 Å². The topological polar surface area (TPSA) is 0 Å². The molecule has 0 aromatic rings. The van der Waals surface area contributed by atoms with Crippen LogP contribution < -0.4 is 0 Å². The quantitative estimate of drug-likeness (QED) is 0.358. The third kappa shape index (κ3) is 5.24. The molecule has 6 rings (SSSR count). The third-order valence-electron chi connectivity index (χ3n) is 11.7. The van der Waals surface area contributed by atoms with Gasteiger partial charge >= 0.3 is 0 Å². The minimum absolute atomic E-state index is 0.533. The Hall–Kier alpha value is 0. The lowest BCUT2D eigenvalue weighted by Crippen LogP contribution is -2.51. The van der Waals surface area contributed by atoms with E-state index in [0.717, 1.165) is 23.2 Å². The summed E-state index contributed by atoms with van der Waals surface area (Å²) in [6.07, 6.45) is 16.6. The first-order valence-electron chi connectivity index (χ1n) is 13.9. The second-order valence-electron chi connectivity index (χ2n) is 16.4. The first-order chi connectivity index (χ1) is 13.9. The van der Waals surface area contributed by atoms with Gasteiger partial charge in [-0.3, -0.25) is 0 Å². The van der Waals surface area contributed by atoms with Gasteiger partial charge in [0.05, 0.1) is 0 Å². The van der Waals surface area contributed by atoms with Crippen molar-refractivity contribution in [1.82, 2.24) is 0 Å². The van der Waals surface area contributed by atoms with Crippen LogP contribution in [0, 0.1) is 50.2 Å². The molecule has 0 heteroatoms. The van der Waals surface area contributed by atoms with Crippen LogP contribution in [0.2, 0.25) is 0 Å². The maximum atomic E-state index is 2.49. The average Bonchev–Trinajstić information content (AvgIpc) is 3.29. The Labute approximate surface area is 197 Å². The summed E-state index contributed by atoms with van der Waals surface area (Å²) in [6.45, 7) is 26.3. The molecule has 0 radical (unpaired) electrons. The van der Waals surface area contributed by atoms with E-state index in [1.54, 1.807) is 38.5 Å². The van der Waals surface area contributed by atoms with Gasteiger partial charge in [0, 0.05) is 0 Å². The van der Waals surface area contributed by atoms with Crippen LogP contribution in [0.5, 0.6) is 0 Å². The van der Waals surface area contributed by atoms with Gasteiger partial charge in [-0.1, -0.05) is 82.6 Å². The van der Waals surface area contributed by atoms with Crippen molar-refractivity contribution in [1.29, 1.82) is 0 Å². The third-order valence-corrected chi connectivity index (χ3v) is 11.7. The summed E-state index contributed by atoms with van der Waals surface area (Å²) in [4.78, 5) is 0. The summed E-state index contributed by atoms with van der Waals surface area (Å²) in [6, 6.07) is 0. The van der Waals surface area contributed by atoms with Crippen molar-refractivity contribution in [2.75, 3.05) is 0 Å². The van der Waals surface area contributed by atoms with E-state index in [9.17, 15) is 0 Å². The molecular weight excluding hydrogens is 372 g/mol. The molecule has 0 aromatic heterocycles. The summed E-state index contributed by atoms with van der Waals surface area (Å²) in [5.74, 6) is 3.33. The summed E-state index contributed by atoms with van der Waals surface area (Å²) < 4.78 is 0. The van der Waals surface area contributed by atoms with E-state index in [4.69, 9.17) is 0 Å². The van der Waals surface area contributed by atoms with Crippen molar-refractivity contribution < 1.29 is 0 Å². The second-order valence-corrected chi connectivity index (χ2v) is 16.4. The van der Waals surface area contributed by atoms with Gasteiger partial charge in [-0.05, 0) is 114 Å². The molecule has 0 unspecified atom stereocenters. The monoisotopic (exact) mass is 430 g/mol. The lowest BCUT2D eigenvalue weighted by Gasteiger charge is -2.62. The maximum Gasteiger partial charge on any atom is -0.0241 e. The molecule has 4 bridgehead atoms. The van der Waals surface area contributed by atoms with Crippen molar-refractivity contribution in [3.63, 3.8) is 0 Å². The molecule has 182 valence electrons.